The number of anilines is 1. The minimum Gasteiger partial charge on any atom is -0.380 e. The quantitative estimate of drug-likeness (QED) is 0.302. The third-order valence-corrected chi connectivity index (χ3v) is 5.50. The van der Waals surface area contributed by atoms with Crippen LogP contribution >= 0.6 is 11.6 Å². The lowest BCUT2D eigenvalue weighted by Gasteiger charge is -2.09. The summed E-state index contributed by atoms with van der Waals surface area (Å²) in [5.74, 6) is 0.413. The second-order valence-corrected chi connectivity index (χ2v) is 7.79. The van der Waals surface area contributed by atoms with Gasteiger partial charge in [-0.1, -0.05) is 48.0 Å². The first kappa shape index (κ1) is 21.6. The van der Waals surface area contributed by atoms with E-state index >= 15 is 0 Å². The number of halogens is 1. The molecule has 0 aliphatic carbocycles. The van der Waals surface area contributed by atoms with E-state index in [9.17, 15) is 5.26 Å². The first-order chi connectivity index (χ1) is 15.6. The Hall–Kier alpha value is -3.66. The zero-order valence-corrected chi connectivity index (χ0v) is 18.6. The average molecular weight is 444 g/mol. The van der Waals surface area contributed by atoms with Crippen LogP contribution in [0.5, 0.6) is 0 Å². The summed E-state index contributed by atoms with van der Waals surface area (Å²) >= 11 is 6.37. The van der Waals surface area contributed by atoms with Gasteiger partial charge in [-0.15, -0.1) is 0 Å². The SMILES string of the molecule is COCc1cc(C)nc(N/N=C\c2cn(Cc3ccccc3Cl)c3ccccc23)c1C#N. The molecule has 2 heterocycles. The van der Waals surface area contributed by atoms with E-state index in [1.165, 1.54) is 0 Å². The first-order valence-corrected chi connectivity index (χ1v) is 10.5. The third kappa shape index (κ3) is 4.50. The normalized spacial score (nSPS) is 11.2. The lowest BCUT2D eigenvalue weighted by Crippen LogP contribution is -2.03. The number of nitrogens with one attached hydrogen (secondary N) is 1. The fourth-order valence-electron chi connectivity index (χ4n) is 3.70. The number of aromatic nitrogens is 2. The molecule has 0 saturated carbocycles. The van der Waals surface area contributed by atoms with Gasteiger partial charge in [0.1, 0.15) is 11.6 Å². The number of rotatable bonds is 7. The Labute approximate surface area is 191 Å². The van der Waals surface area contributed by atoms with Crippen molar-refractivity contribution < 1.29 is 4.74 Å². The number of aryl methyl sites for hydroxylation is 1. The second kappa shape index (κ2) is 9.65. The van der Waals surface area contributed by atoms with Crippen LogP contribution in [0.15, 0.2) is 65.9 Å². The van der Waals surface area contributed by atoms with Crippen molar-refractivity contribution in [1.82, 2.24) is 9.55 Å². The molecule has 4 rings (SSSR count). The lowest BCUT2D eigenvalue weighted by atomic mass is 10.1. The molecule has 0 atom stereocenters. The first-order valence-electron chi connectivity index (χ1n) is 10.1. The van der Waals surface area contributed by atoms with Crippen molar-refractivity contribution >= 4 is 34.5 Å². The fourth-order valence-corrected chi connectivity index (χ4v) is 3.89. The van der Waals surface area contributed by atoms with Gasteiger partial charge in [-0.05, 0) is 30.7 Å². The van der Waals surface area contributed by atoms with E-state index < -0.39 is 0 Å². The molecule has 160 valence electrons. The number of nitriles is 1. The van der Waals surface area contributed by atoms with E-state index in [0.29, 0.717) is 24.5 Å². The molecule has 0 aliphatic rings. The molecule has 6 nitrogen and oxygen atoms in total. The summed E-state index contributed by atoms with van der Waals surface area (Å²) in [6.45, 7) is 2.86. The van der Waals surface area contributed by atoms with Crippen molar-refractivity contribution in [2.24, 2.45) is 5.10 Å². The van der Waals surface area contributed by atoms with E-state index in [1.807, 2.05) is 55.6 Å². The zero-order valence-electron chi connectivity index (χ0n) is 17.8. The summed E-state index contributed by atoms with van der Waals surface area (Å²) in [6.07, 6.45) is 3.79. The van der Waals surface area contributed by atoms with Crippen molar-refractivity contribution in [1.29, 1.82) is 5.26 Å². The van der Waals surface area contributed by atoms with Crippen molar-refractivity contribution in [3.8, 4) is 6.07 Å². The van der Waals surface area contributed by atoms with E-state index in [2.05, 4.69) is 38.3 Å². The van der Waals surface area contributed by atoms with E-state index in [-0.39, 0.29) is 0 Å². The number of fused-ring (bicyclic) bond motifs is 1. The second-order valence-electron chi connectivity index (χ2n) is 7.38. The van der Waals surface area contributed by atoms with Crippen LogP contribution in [0.25, 0.3) is 10.9 Å². The molecule has 2 aromatic carbocycles. The number of hydrogen-bond acceptors (Lipinski definition) is 5. The van der Waals surface area contributed by atoms with Crippen LogP contribution in [0.1, 0.15) is 27.9 Å². The van der Waals surface area contributed by atoms with Gasteiger partial charge in [0.15, 0.2) is 5.82 Å². The maximum Gasteiger partial charge on any atom is 0.164 e. The number of para-hydroxylation sites is 1. The van der Waals surface area contributed by atoms with E-state index in [0.717, 1.165) is 38.3 Å². The van der Waals surface area contributed by atoms with Crippen LogP contribution in [0.2, 0.25) is 5.02 Å². The molecule has 32 heavy (non-hydrogen) atoms. The molecule has 0 fully saturated rings. The van der Waals surface area contributed by atoms with Crippen LogP contribution in [0, 0.1) is 18.3 Å². The monoisotopic (exact) mass is 443 g/mol. The molecule has 0 amide bonds. The molecule has 0 bridgehead atoms. The number of pyridine rings is 1. The summed E-state index contributed by atoms with van der Waals surface area (Å²) in [7, 11) is 1.60. The van der Waals surface area contributed by atoms with Crippen LogP contribution < -0.4 is 5.43 Å². The van der Waals surface area contributed by atoms with Crippen molar-refractivity contribution in [2.75, 3.05) is 12.5 Å². The zero-order chi connectivity index (χ0) is 22.5. The average Bonchev–Trinajstić information content (AvgIpc) is 3.13. The molecule has 0 aliphatic heterocycles. The largest absolute Gasteiger partial charge is 0.380 e. The predicted molar refractivity (Wildman–Crippen MR) is 128 cm³/mol. The van der Waals surface area contributed by atoms with Crippen LogP contribution in [0.4, 0.5) is 5.82 Å². The highest BCUT2D eigenvalue weighted by atomic mass is 35.5. The van der Waals surface area contributed by atoms with Gasteiger partial charge in [0.2, 0.25) is 0 Å². The number of nitrogens with zero attached hydrogens (tertiary/aromatic N) is 4. The Morgan fingerprint density at radius 1 is 1.19 bits per heavy atom. The van der Waals surface area contributed by atoms with Crippen molar-refractivity contribution in [3.05, 3.63) is 93.8 Å². The number of hydrazone groups is 1. The summed E-state index contributed by atoms with van der Waals surface area (Å²) < 4.78 is 7.36. The third-order valence-electron chi connectivity index (χ3n) is 5.13. The molecule has 4 aromatic rings. The molecule has 1 N–H and O–H groups in total. The molecular formula is C25H22ClN5O. The number of ether oxygens (including phenoxy) is 1. The maximum atomic E-state index is 9.59. The Bertz CT molecular complexity index is 1340. The van der Waals surface area contributed by atoms with E-state index in [4.69, 9.17) is 16.3 Å². The van der Waals surface area contributed by atoms with Crippen LogP contribution in [0.3, 0.4) is 0 Å². The van der Waals surface area contributed by atoms with E-state index in [1.54, 1.807) is 13.3 Å². The molecule has 0 unspecified atom stereocenters. The Kier molecular flexibility index (Phi) is 6.50. The molecule has 7 heteroatoms. The minimum atomic E-state index is 0.334. The summed E-state index contributed by atoms with van der Waals surface area (Å²) in [5, 5.41) is 15.8. The highest BCUT2D eigenvalue weighted by Gasteiger charge is 2.12. The summed E-state index contributed by atoms with van der Waals surface area (Å²) in [4.78, 5) is 4.43. The predicted octanol–water partition coefficient (Wildman–Crippen LogP) is 5.51. The molecule has 0 spiro atoms. The van der Waals surface area contributed by atoms with Crippen LogP contribution in [-0.4, -0.2) is 22.9 Å². The van der Waals surface area contributed by atoms with Gasteiger partial charge in [0, 0.05) is 52.6 Å². The van der Waals surface area contributed by atoms with Gasteiger partial charge in [0.25, 0.3) is 0 Å². The van der Waals surface area contributed by atoms with Crippen molar-refractivity contribution in [3.63, 3.8) is 0 Å². The molecule has 0 saturated heterocycles. The van der Waals surface area contributed by atoms with Gasteiger partial charge in [0.05, 0.1) is 12.8 Å². The highest BCUT2D eigenvalue weighted by Crippen LogP contribution is 2.24. The summed E-state index contributed by atoms with van der Waals surface area (Å²) in [6, 6.07) is 20.0. The standard InChI is InChI=1S/C25H22ClN5O/c1-17-11-19(16-32-2)22(12-27)25(29-17)30-28-13-20-15-31(24-10-6-4-8-21(20)24)14-18-7-3-5-9-23(18)26/h3-11,13,15H,14,16H2,1-2H3,(H,29,30)/b28-13-. The minimum absolute atomic E-state index is 0.334. The Morgan fingerprint density at radius 2 is 1.97 bits per heavy atom. The lowest BCUT2D eigenvalue weighted by molar-refractivity contribution is 0.184. The fraction of sp³-hybridized carbons (Fsp3) is 0.160. The molecule has 0 radical (unpaired) electrons. The smallest absolute Gasteiger partial charge is 0.164 e. The molecular weight excluding hydrogens is 422 g/mol. The number of methoxy groups -OCH3 is 1. The topological polar surface area (TPSA) is 75.2 Å². The number of hydrogen-bond donors (Lipinski definition) is 1. The Balaban J connectivity index is 1.65. The van der Waals surface area contributed by atoms with Gasteiger partial charge >= 0.3 is 0 Å². The van der Waals surface area contributed by atoms with Gasteiger partial charge in [-0.2, -0.15) is 10.4 Å². The van der Waals surface area contributed by atoms with Gasteiger partial charge < -0.3 is 9.30 Å². The van der Waals surface area contributed by atoms with Gasteiger partial charge in [-0.3, -0.25) is 5.43 Å². The van der Waals surface area contributed by atoms with Crippen molar-refractivity contribution in [2.45, 2.75) is 20.1 Å². The maximum absolute atomic E-state index is 9.59. The van der Waals surface area contributed by atoms with Crippen LogP contribution in [-0.2, 0) is 17.9 Å². The Morgan fingerprint density at radius 3 is 2.75 bits per heavy atom. The molecule has 2 aromatic heterocycles. The highest BCUT2D eigenvalue weighted by molar-refractivity contribution is 6.31. The number of benzene rings is 2. The summed E-state index contributed by atoms with van der Waals surface area (Å²) in [5.41, 5.74) is 8.00. The van der Waals surface area contributed by atoms with Gasteiger partial charge in [-0.25, -0.2) is 4.98 Å².